The van der Waals surface area contributed by atoms with Gasteiger partial charge >= 0.3 is 5.97 Å². The van der Waals surface area contributed by atoms with Crippen LogP contribution in [0.4, 0.5) is 11.5 Å². The predicted molar refractivity (Wildman–Crippen MR) is 145 cm³/mol. The Kier molecular flexibility index (Phi) is 11.1. The number of carbonyl (C=O) groups is 1. The van der Waals surface area contributed by atoms with Gasteiger partial charge < -0.3 is 9.64 Å². The van der Waals surface area contributed by atoms with E-state index in [2.05, 4.69) is 60.5 Å². The number of benzene rings is 1. The van der Waals surface area contributed by atoms with Crippen molar-refractivity contribution in [2.75, 3.05) is 30.0 Å². The van der Waals surface area contributed by atoms with Crippen LogP contribution in [0.2, 0.25) is 0 Å². The van der Waals surface area contributed by atoms with Crippen molar-refractivity contribution in [2.45, 2.75) is 78.6 Å². The molecule has 1 fully saturated rings. The second-order valence-electron chi connectivity index (χ2n) is 9.58. The van der Waals surface area contributed by atoms with Crippen molar-refractivity contribution in [1.82, 2.24) is 4.98 Å². The summed E-state index contributed by atoms with van der Waals surface area (Å²) < 4.78 is 5.60. The summed E-state index contributed by atoms with van der Waals surface area (Å²) in [6, 6.07) is 12.5. The van der Waals surface area contributed by atoms with Gasteiger partial charge in [0.05, 0.1) is 18.7 Å². The number of aromatic nitrogens is 1. The van der Waals surface area contributed by atoms with Gasteiger partial charge in [-0.05, 0) is 57.1 Å². The summed E-state index contributed by atoms with van der Waals surface area (Å²) in [5.74, 6) is 0.818. The number of pyridine rings is 1. The number of carbonyl (C=O) groups excluding carboxylic acids is 1. The van der Waals surface area contributed by atoms with Crippen LogP contribution in [0.5, 0.6) is 0 Å². The quantitative estimate of drug-likeness (QED) is 0.154. The molecular weight excluding hydrogens is 436 g/mol. The van der Waals surface area contributed by atoms with Gasteiger partial charge in [0, 0.05) is 30.5 Å². The maximum absolute atomic E-state index is 12.3. The molecule has 190 valence electrons. The van der Waals surface area contributed by atoms with E-state index in [1.54, 1.807) is 0 Å². The Hall–Kier alpha value is -2.89. The molecule has 1 saturated carbocycles. The zero-order valence-corrected chi connectivity index (χ0v) is 21.8. The van der Waals surface area contributed by atoms with Crippen LogP contribution in [-0.2, 0) is 16.0 Å². The Morgan fingerprint density at radius 3 is 2.63 bits per heavy atom. The van der Waals surface area contributed by atoms with E-state index >= 15 is 0 Å². The lowest BCUT2D eigenvalue weighted by Gasteiger charge is -2.25. The van der Waals surface area contributed by atoms with Crippen LogP contribution in [0.3, 0.4) is 0 Å². The van der Waals surface area contributed by atoms with Crippen LogP contribution >= 0.6 is 0 Å². The Labute approximate surface area is 211 Å². The van der Waals surface area contributed by atoms with Crippen molar-refractivity contribution >= 4 is 23.7 Å². The summed E-state index contributed by atoms with van der Waals surface area (Å²) in [6.45, 7) is 8.94. The maximum atomic E-state index is 12.3. The topological polar surface area (TPSA) is 66.8 Å². The number of nitrogens with one attached hydrogen (secondary N) is 1. The van der Waals surface area contributed by atoms with Gasteiger partial charge in [0.2, 0.25) is 0 Å². The predicted octanol–water partition coefficient (Wildman–Crippen LogP) is 6.52. The van der Waals surface area contributed by atoms with Gasteiger partial charge in [-0.3, -0.25) is 10.2 Å². The van der Waals surface area contributed by atoms with Gasteiger partial charge in [0.1, 0.15) is 5.82 Å². The average Bonchev–Trinajstić information content (AvgIpc) is 2.87. The van der Waals surface area contributed by atoms with Crippen molar-refractivity contribution in [3.8, 4) is 0 Å². The highest BCUT2D eigenvalue weighted by atomic mass is 16.5. The highest BCUT2D eigenvalue weighted by molar-refractivity contribution is 5.80. The minimum atomic E-state index is -0.0173. The van der Waals surface area contributed by atoms with E-state index in [9.17, 15) is 4.79 Å². The lowest BCUT2D eigenvalue weighted by atomic mass is 9.89. The third kappa shape index (κ3) is 9.00. The van der Waals surface area contributed by atoms with E-state index in [1.165, 1.54) is 12.0 Å². The van der Waals surface area contributed by atoms with E-state index in [-0.39, 0.29) is 11.9 Å². The van der Waals surface area contributed by atoms with Gasteiger partial charge in [-0.15, -0.1) is 0 Å². The molecule has 1 aromatic heterocycles. The monoisotopic (exact) mass is 478 g/mol. The van der Waals surface area contributed by atoms with Crippen LogP contribution in [0.25, 0.3) is 0 Å². The SMILES string of the molecule is CCCN(CCC)c1cc(CCCOC(=O)C2CCCCC2)nc(N/N=C/c2cccc(C)c2)c1. The number of nitrogens with zero attached hydrogens (tertiary/aromatic N) is 3. The van der Waals surface area contributed by atoms with E-state index < -0.39 is 0 Å². The molecule has 3 rings (SSSR count). The lowest BCUT2D eigenvalue weighted by molar-refractivity contribution is -0.149. The van der Waals surface area contributed by atoms with Crippen LogP contribution < -0.4 is 10.3 Å². The fraction of sp³-hybridized carbons (Fsp3) is 0.552. The lowest BCUT2D eigenvalue weighted by Crippen LogP contribution is -2.25. The molecule has 1 heterocycles. The zero-order chi connectivity index (χ0) is 24.9. The highest BCUT2D eigenvalue weighted by Crippen LogP contribution is 2.25. The number of esters is 1. The highest BCUT2D eigenvalue weighted by Gasteiger charge is 2.22. The molecule has 6 nitrogen and oxygen atoms in total. The summed E-state index contributed by atoms with van der Waals surface area (Å²) in [5, 5.41) is 4.43. The summed E-state index contributed by atoms with van der Waals surface area (Å²) >= 11 is 0. The number of rotatable bonds is 13. The van der Waals surface area contributed by atoms with Gasteiger partial charge in [0.25, 0.3) is 0 Å². The Morgan fingerprint density at radius 1 is 1.14 bits per heavy atom. The summed E-state index contributed by atoms with van der Waals surface area (Å²) in [7, 11) is 0. The smallest absolute Gasteiger partial charge is 0.308 e. The van der Waals surface area contributed by atoms with Crippen molar-refractivity contribution in [2.24, 2.45) is 11.0 Å². The van der Waals surface area contributed by atoms with E-state index in [0.29, 0.717) is 6.61 Å². The molecule has 0 aliphatic heterocycles. The molecule has 1 N–H and O–H groups in total. The Balaban J connectivity index is 1.65. The molecule has 1 aromatic carbocycles. The van der Waals surface area contributed by atoms with Gasteiger partial charge in [-0.1, -0.05) is 62.9 Å². The Bertz CT molecular complexity index is 947. The van der Waals surface area contributed by atoms with Crippen LogP contribution in [0.1, 0.15) is 82.0 Å². The number of hydrazone groups is 1. The first-order valence-corrected chi connectivity index (χ1v) is 13.4. The van der Waals surface area contributed by atoms with E-state index in [0.717, 1.165) is 87.2 Å². The third-order valence-electron chi connectivity index (χ3n) is 6.41. The number of aryl methyl sites for hydroxylation is 2. The molecule has 0 bridgehead atoms. The number of hydrogen-bond acceptors (Lipinski definition) is 6. The van der Waals surface area contributed by atoms with Gasteiger partial charge in [0.15, 0.2) is 0 Å². The standard InChI is InChI=1S/C29H42N4O2/c1-4-16-33(17-5-2)27-20-26(15-10-18-35-29(34)25-13-7-6-8-14-25)31-28(21-27)32-30-22-24-12-9-11-23(3)19-24/h9,11-12,19-22,25H,4-8,10,13-18H2,1-3H3,(H,31,32)/b30-22+. The van der Waals surface area contributed by atoms with Gasteiger partial charge in [-0.2, -0.15) is 5.10 Å². The zero-order valence-electron chi connectivity index (χ0n) is 21.8. The first-order chi connectivity index (χ1) is 17.1. The number of ether oxygens (including phenoxy) is 1. The fourth-order valence-corrected chi connectivity index (χ4v) is 4.66. The molecule has 35 heavy (non-hydrogen) atoms. The van der Waals surface area contributed by atoms with Crippen molar-refractivity contribution in [3.05, 3.63) is 53.2 Å². The normalized spacial score (nSPS) is 14.3. The minimum Gasteiger partial charge on any atom is -0.465 e. The van der Waals surface area contributed by atoms with Crippen molar-refractivity contribution in [3.63, 3.8) is 0 Å². The second-order valence-corrected chi connectivity index (χ2v) is 9.58. The molecule has 2 aromatic rings. The first-order valence-electron chi connectivity index (χ1n) is 13.4. The van der Waals surface area contributed by atoms with Crippen molar-refractivity contribution in [1.29, 1.82) is 0 Å². The first kappa shape index (κ1) is 26.7. The average molecular weight is 479 g/mol. The molecule has 6 heteroatoms. The fourth-order valence-electron chi connectivity index (χ4n) is 4.66. The van der Waals surface area contributed by atoms with Crippen LogP contribution in [-0.4, -0.2) is 36.9 Å². The molecule has 1 aliphatic carbocycles. The molecule has 0 radical (unpaired) electrons. The minimum absolute atomic E-state index is 0.0173. The third-order valence-corrected chi connectivity index (χ3v) is 6.41. The number of anilines is 2. The van der Waals surface area contributed by atoms with Crippen molar-refractivity contribution < 1.29 is 9.53 Å². The molecule has 0 unspecified atom stereocenters. The number of hydrogen-bond donors (Lipinski definition) is 1. The summed E-state index contributed by atoms with van der Waals surface area (Å²) in [6.07, 6.45) is 11.0. The maximum Gasteiger partial charge on any atom is 0.308 e. The van der Waals surface area contributed by atoms with E-state index in [4.69, 9.17) is 9.72 Å². The van der Waals surface area contributed by atoms with Crippen LogP contribution in [0, 0.1) is 12.8 Å². The van der Waals surface area contributed by atoms with Gasteiger partial charge in [-0.25, -0.2) is 4.98 Å². The molecule has 0 spiro atoms. The van der Waals surface area contributed by atoms with Crippen LogP contribution in [0.15, 0.2) is 41.5 Å². The molecule has 1 aliphatic rings. The van der Waals surface area contributed by atoms with E-state index in [1.807, 2.05) is 18.3 Å². The molecule has 0 amide bonds. The molecule has 0 saturated heterocycles. The second kappa shape index (κ2) is 14.5. The largest absolute Gasteiger partial charge is 0.465 e. The summed E-state index contributed by atoms with van der Waals surface area (Å²) in [5.41, 5.74) is 7.53. The molecular formula is C29H42N4O2. The Morgan fingerprint density at radius 2 is 1.91 bits per heavy atom. The summed E-state index contributed by atoms with van der Waals surface area (Å²) in [4.78, 5) is 19.5. The molecule has 0 atom stereocenters.